The molecule has 0 spiro atoms. The Morgan fingerprint density at radius 1 is 0.583 bits per heavy atom. The Labute approximate surface area is 99.2 Å². The van der Waals surface area contributed by atoms with Crippen LogP contribution >= 0.6 is 0 Å². The van der Waals surface area contributed by atoms with Crippen LogP contribution in [0.3, 0.4) is 0 Å². The summed E-state index contributed by atoms with van der Waals surface area (Å²) in [5.41, 5.74) is 0. The van der Waals surface area contributed by atoms with E-state index in [1.54, 1.807) is 0 Å². The predicted molar refractivity (Wildman–Crippen MR) is 44.1 cm³/mol. The maximum atomic E-state index is 2.00. The van der Waals surface area contributed by atoms with Crippen LogP contribution in [-0.2, 0) is 39.0 Å². The summed E-state index contributed by atoms with van der Waals surface area (Å²) in [5, 5.41) is 0. The Balaban J connectivity index is 0. The first-order valence-corrected chi connectivity index (χ1v) is 3.33. The van der Waals surface area contributed by atoms with E-state index in [0.29, 0.717) is 0 Å². The van der Waals surface area contributed by atoms with E-state index in [4.69, 9.17) is 0 Å². The van der Waals surface area contributed by atoms with Gasteiger partial charge in [0.25, 0.3) is 0 Å². The summed E-state index contributed by atoms with van der Waals surface area (Å²) in [6.45, 7) is 0. The minimum Gasteiger partial charge on any atom is -0.214 e. The maximum absolute atomic E-state index is 2.00. The minimum absolute atomic E-state index is 0. The Kier molecular flexibility index (Phi) is 13.2. The van der Waals surface area contributed by atoms with E-state index in [-0.39, 0.29) is 39.0 Å². The molecule has 2 aromatic carbocycles. The van der Waals surface area contributed by atoms with Crippen LogP contribution in [0.5, 0.6) is 0 Å². The van der Waals surface area contributed by atoms with E-state index in [1.165, 1.54) is 0 Å². The second kappa shape index (κ2) is 10.9. The van der Waals surface area contributed by atoms with Crippen molar-refractivity contribution in [3.63, 3.8) is 0 Å². The summed E-state index contributed by atoms with van der Waals surface area (Å²) in [6.07, 6.45) is 0. The van der Waals surface area contributed by atoms with E-state index in [9.17, 15) is 0 Å². The normalized spacial score (nSPS) is 6.67. The Morgan fingerprint density at radius 3 is 0.917 bits per heavy atom. The molecule has 2 rings (SSSR count). The zero-order valence-electron chi connectivity index (χ0n) is 6.48. The van der Waals surface area contributed by atoms with Gasteiger partial charge in [-0.2, -0.15) is 36.4 Å². The van der Waals surface area contributed by atoms with Crippen molar-refractivity contribution >= 4 is 0 Å². The molecule has 0 aliphatic rings. The third kappa shape index (κ3) is 8.05. The number of hydrogen-bond acceptors (Lipinski definition) is 0. The van der Waals surface area contributed by atoms with Crippen LogP contribution in [0.1, 0.15) is 0 Å². The van der Waals surface area contributed by atoms with E-state index in [1.807, 2.05) is 60.7 Å². The molecule has 0 atom stereocenters. The van der Waals surface area contributed by atoms with Crippen molar-refractivity contribution in [1.82, 2.24) is 0 Å². The summed E-state index contributed by atoms with van der Waals surface area (Å²) in [5.74, 6) is 0. The fourth-order valence-electron chi connectivity index (χ4n) is 0.642. The number of hydrogen-bond donors (Lipinski definition) is 0. The van der Waals surface area contributed by atoms with Gasteiger partial charge in [-0.05, 0) is 0 Å². The van der Waals surface area contributed by atoms with Crippen LogP contribution < -0.4 is 0 Å². The maximum Gasteiger partial charge on any atom is 2.00 e. The molecule has 0 aromatic heterocycles. The van der Waals surface area contributed by atoms with Gasteiger partial charge in [-0.3, -0.25) is 0 Å². The van der Waals surface area contributed by atoms with Crippen molar-refractivity contribution in [3.8, 4) is 0 Å². The van der Waals surface area contributed by atoms with E-state index in [0.717, 1.165) is 0 Å². The summed E-state index contributed by atoms with van der Waals surface area (Å²) in [4.78, 5) is 0. The molecule has 0 saturated carbocycles. The minimum atomic E-state index is 0. The predicted octanol–water partition coefficient (Wildman–Crippen LogP) is 2.81. The second-order valence-corrected chi connectivity index (χ2v) is 1.92. The van der Waals surface area contributed by atoms with Crippen LogP contribution in [-0.4, -0.2) is 0 Å². The average molecular weight is 332 g/mol. The molecule has 12 heavy (non-hydrogen) atoms. The third-order valence-electron chi connectivity index (χ3n) is 1.11. The number of rotatable bonds is 0. The third-order valence-corrected chi connectivity index (χ3v) is 1.11. The molecule has 0 aliphatic heterocycles. The summed E-state index contributed by atoms with van der Waals surface area (Å²) in [7, 11) is 0. The van der Waals surface area contributed by atoms with Gasteiger partial charge in [-0.1, -0.05) is 0 Å². The molecule has 2 aromatic rings. The van der Waals surface area contributed by atoms with Crippen LogP contribution in [0.25, 0.3) is 0 Å². The SMILES string of the molecule is [Ru+2].[Ru].c1cc[cH-]c1.c1cc[cH-]c1. The second-order valence-electron chi connectivity index (χ2n) is 1.92. The van der Waals surface area contributed by atoms with Crippen molar-refractivity contribution in [2.75, 3.05) is 0 Å². The fourth-order valence-corrected chi connectivity index (χ4v) is 0.642. The zero-order chi connectivity index (χ0) is 7.07. The first-order valence-electron chi connectivity index (χ1n) is 3.33. The first kappa shape index (κ1) is 14.5. The van der Waals surface area contributed by atoms with Gasteiger partial charge >= 0.3 is 19.5 Å². The summed E-state index contributed by atoms with van der Waals surface area (Å²) in [6, 6.07) is 20.0. The molecule has 0 aliphatic carbocycles. The molecule has 0 amide bonds. The molecule has 0 N–H and O–H groups in total. The molecule has 0 fully saturated rings. The molecule has 66 valence electrons. The first-order chi connectivity index (χ1) is 5.00. The topological polar surface area (TPSA) is 0 Å². The van der Waals surface area contributed by atoms with Crippen molar-refractivity contribution in [2.24, 2.45) is 0 Å². The van der Waals surface area contributed by atoms with Gasteiger partial charge in [0.15, 0.2) is 0 Å². The van der Waals surface area contributed by atoms with Crippen LogP contribution in [0, 0.1) is 0 Å². The van der Waals surface area contributed by atoms with Crippen molar-refractivity contribution in [1.29, 1.82) is 0 Å². The summed E-state index contributed by atoms with van der Waals surface area (Å²) < 4.78 is 0. The molecule has 0 radical (unpaired) electrons. The largest absolute Gasteiger partial charge is 2.00 e. The van der Waals surface area contributed by atoms with Gasteiger partial charge in [-0.15, -0.1) is 0 Å². The summed E-state index contributed by atoms with van der Waals surface area (Å²) >= 11 is 0. The standard InChI is InChI=1S/2C5H5.2Ru/c2*1-2-4-5-3-1;;/h2*1-5H;;/q2*-1;;+2. The fraction of sp³-hybridized carbons (Fsp3) is 0. The van der Waals surface area contributed by atoms with Gasteiger partial charge in [0, 0.05) is 19.5 Å². The Morgan fingerprint density at radius 2 is 0.833 bits per heavy atom. The average Bonchev–Trinajstić information content (AvgIpc) is 2.67. The van der Waals surface area contributed by atoms with Crippen molar-refractivity contribution in [3.05, 3.63) is 60.7 Å². The molecule has 0 unspecified atom stereocenters. The van der Waals surface area contributed by atoms with E-state index >= 15 is 0 Å². The zero-order valence-corrected chi connectivity index (χ0v) is 9.96. The van der Waals surface area contributed by atoms with Crippen molar-refractivity contribution < 1.29 is 39.0 Å². The smallest absolute Gasteiger partial charge is 0.214 e. The van der Waals surface area contributed by atoms with Crippen molar-refractivity contribution in [2.45, 2.75) is 0 Å². The van der Waals surface area contributed by atoms with Gasteiger partial charge in [-0.25, -0.2) is 24.3 Å². The molecule has 0 bridgehead atoms. The van der Waals surface area contributed by atoms with Gasteiger partial charge in [0.2, 0.25) is 0 Å². The van der Waals surface area contributed by atoms with E-state index in [2.05, 4.69) is 0 Å². The van der Waals surface area contributed by atoms with Gasteiger partial charge < -0.3 is 0 Å². The van der Waals surface area contributed by atoms with Crippen LogP contribution in [0.15, 0.2) is 60.7 Å². The van der Waals surface area contributed by atoms with Gasteiger partial charge in [0.1, 0.15) is 0 Å². The van der Waals surface area contributed by atoms with Gasteiger partial charge in [0.05, 0.1) is 0 Å². The molecular formula is C10H10Ru2. The van der Waals surface area contributed by atoms with Crippen LogP contribution in [0.2, 0.25) is 0 Å². The molecule has 0 heterocycles. The molecule has 0 saturated heterocycles. The quantitative estimate of drug-likeness (QED) is 0.514. The Bertz CT molecular complexity index is 147. The molecule has 2 heteroatoms. The molecule has 0 nitrogen and oxygen atoms in total. The van der Waals surface area contributed by atoms with Crippen LogP contribution in [0.4, 0.5) is 0 Å². The Hall–Kier alpha value is -0.0532. The monoisotopic (exact) mass is 334 g/mol. The van der Waals surface area contributed by atoms with E-state index < -0.39 is 0 Å². The molecular weight excluding hydrogens is 322 g/mol.